The Bertz CT molecular complexity index is 680. The van der Waals surface area contributed by atoms with Gasteiger partial charge in [-0.1, -0.05) is 24.3 Å². The van der Waals surface area contributed by atoms with Gasteiger partial charge in [0.05, 0.1) is 12.2 Å². The Morgan fingerprint density at radius 1 is 0.750 bits per heavy atom. The second-order valence-corrected chi connectivity index (χ2v) is 7.02. The van der Waals surface area contributed by atoms with Gasteiger partial charge in [-0.25, -0.2) is 4.57 Å². The maximum Gasteiger partial charge on any atom is 0.418 e. The summed E-state index contributed by atoms with van der Waals surface area (Å²) in [5, 5.41) is 0. The Labute approximate surface area is 141 Å². The monoisotopic (exact) mass is 346 g/mol. The van der Waals surface area contributed by atoms with E-state index in [2.05, 4.69) is 0 Å². The normalized spacial score (nSPS) is 28.9. The van der Waals surface area contributed by atoms with E-state index in [1.165, 1.54) is 0 Å². The van der Waals surface area contributed by atoms with Crippen molar-refractivity contribution < 1.29 is 23.1 Å². The number of hydrogen-bond acceptors (Lipinski definition) is 5. The Balaban J connectivity index is 1.32. The van der Waals surface area contributed by atoms with Crippen molar-refractivity contribution in [2.45, 2.75) is 38.3 Å². The lowest BCUT2D eigenvalue weighted by molar-refractivity contribution is 0.383. The van der Waals surface area contributed by atoms with E-state index in [1.807, 2.05) is 38.1 Å². The lowest BCUT2D eigenvalue weighted by Gasteiger charge is -2.09. The molecule has 0 aliphatic carbocycles. The molecule has 4 rings (SSSR count). The minimum Gasteiger partial charge on any atom is -0.418 e. The van der Waals surface area contributed by atoms with E-state index in [9.17, 15) is 4.57 Å². The molecule has 2 fully saturated rings. The summed E-state index contributed by atoms with van der Waals surface area (Å²) in [6.07, 6.45) is 0.880. The van der Waals surface area contributed by atoms with Gasteiger partial charge in [0.2, 0.25) is 0 Å². The molecule has 2 aliphatic heterocycles. The van der Waals surface area contributed by atoms with Gasteiger partial charge >= 0.3 is 8.25 Å². The van der Waals surface area contributed by atoms with Crippen LogP contribution in [0.2, 0.25) is 0 Å². The van der Waals surface area contributed by atoms with Crippen LogP contribution < -0.4 is 9.05 Å². The first-order chi connectivity index (χ1) is 11.6. The smallest absolute Gasteiger partial charge is 0.418 e. The number of benzene rings is 2. The molecule has 0 bridgehead atoms. The topological polar surface area (TPSA) is 60.6 Å². The van der Waals surface area contributed by atoms with Crippen LogP contribution in [0.3, 0.4) is 0 Å². The highest BCUT2D eigenvalue weighted by atomic mass is 31.1. The number of epoxide rings is 2. The summed E-state index contributed by atoms with van der Waals surface area (Å²) < 4.78 is 33.6. The highest BCUT2D eigenvalue weighted by Crippen LogP contribution is 2.40. The predicted molar refractivity (Wildman–Crippen MR) is 89.7 cm³/mol. The molecule has 2 saturated heterocycles. The summed E-state index contributed by atoms with van der Waals surface area (Å²) in [6, 6.07) is 14.8. The summed E-state index contributed by atoms with van der Waals surface area (Å²) >= 11 is 0. The SMILES string of the molecule is CC1OC1c1ccc(O[PH](=O)Oc2ccc(C3OC3C)cc2)cc1. The maximum absolute atomic E-state index is 12.0. The zero-order valence-electron chi connectivity index (χ0n) is 13.5. The van der Waals surface area contributed by atoms with E-state index >= 15 is 0 Å². The summed E-state index contributed by atoms with van der Waals surface area (Å²) in [6.45, 7) is 4.06. The second-order valence-electron chi connectivity index (χ2n) is 6.12. The number of ether oxygens (including phenoxy) is 2. The van der Waals surface area contributed by atoms with Gasteiger partial charge in [-0.3, -0.25) is 0 Å². The standard InChI is InChI=1S/C18H19O5P/c1-11-17(20-11)13-3-7-15(8-4-13)22-24(19)23-16-9-5-14(6-10-16)18-12(2)21-18/h3-12,17-18,24H,1-2H3. The minimum absolute atomic E-state index is 0.170. The zero-order valence-corrected chi connectivity index (χ0v) is 14.5. The number of rotatable bonds is 6. The quantitative estimate of drug-likeness (QED) is 0.571. The fourth-order valence-corrected chi connectivity index (χ4v) is 3.43. The highest BCUT2D eigenvalue weighted by Gasteiger charge is 2.36. The molecule has 2 heterocycles. The molecule has 0 saturated carbocycles. The first kappa shape index (κ1) is 15.7. The molecule has 0 N–H and O–H groups in total. The lowest BCUT2D eigenvalue weighted by Crippen LogP contribution is -1.90. The molecule has 6 heteroatoms. The average Bonchev–Trinajstić information content (AvgIpc) is 3.47. The zero-order chi connectivity index (χ0) is 16.7. The van der Waals surface area contributed by atoms with E-state index < -0.39 is 8.25 Å². The predicted octanol–water partition coefficient (Wildman–Crippen LogP) is 4.45. The molecule has 0 amide bonds. The highest BCUT2D eigenvalue weighted by molar-refractivity contribution is 7.34. The van der Waals surface area contributed by atoms with Gasteiger partial charge in [-0.15, -0.1) is 0 Å². The molecule has 0 radical (unpaired) electrons. The van der Waals surface area contributed by atoms with E-state index in [0.717, 1.165) is 11.1 Å². The van der Waals surface area contributed by atoms with Crippen LogP contribution in [0.5, 0.6) is 11.5 Å². The fourth-order valence-electron chi connectivity index (χ4n) is 2.74. The van der Waals surface area contributed by atoms with Crippen LogP contribution in [-0.2, 0) is 14.0 Å². The molecular formula is C18H19O5P. The Morgan fingerprint density at radius 2 is 1.08 bits per heavy atom. The van der Waals surface area contributed by atoms with E-state index in [4.69, 9.17) is 18.5 Å². The molecule has 24 heavy (non-hydrogen) atoms. The van der Waals surface area contributed by atoms with Crippen LogP contribution in [0.4, 0.5) is 0 Å². The van der Waals surface area contributed by atoms with Crippen molar-refractivity contribution in [3.05, 3.63) is 59.7 Å². The summed E-state index contributed by atoms with van der Waals surface area (Å²) in [7, 11) is -2.66. The van der Waals surface area contributed by atoms with Gasteiger partial charge in [0.25, 0.3) is 0 Å². The largest absolute Gasteiger partial charge is 0.418 e. The van der Waals surface area contributed by atoms with E-state index in [1.54, 1.807) is 24.3 Å². The van der Waals surface area contributed by atoms with Crippen LogP contribution in [-0.4, -0.2) is 12.2 Å². The second kappa shape index (κ2) is 6.25. The summed E-state index contributed by atoms with van der Waals surface area (Å²) in [5.74, 6) is 1.04. The average molecular weight is 346 g/mol. The summed E-state index contributed by atoms with van der Waals surface area (Å²) in [4.78, 5) is 0. The molecule has 0 spiro atoms. The van der Waals surface area contributed by atoms with E-state index in [0.29, 0.717) is 11.5 Å². The molecule has 2 aromatic carbocycles. The third-order valence-electron chi connectivity index (χ3n) is 4.24. The first-order valence-electron chi connectivity index (χ1n) is 8.00. The van der Waals surface area contributed by atoms with Crippen LogP contribution >= 0.6 is 8.25 Å². The number of hydrogen-bond donors (Lipinski definition) is 0. The molecule has 5 nitrogen and oxygen atoms in total. The van der Waals surface area contributed by atoms with Gasteiger partial charge in [0, 0.05) is 0 Å². The van der Waals surface area contributed by atoms with Gasteiger partial charge in [-0.05, 0) is 49.2 Å². The molecular weight excluding hydrogens is 327 g/mol. The fraction of sp³-hybridized carbons (Fsp3) is 0.333. The Kier molecular flexibility index (Phi) is 4.09. The van der Waals surface area contributed by atoms with Crippen molar-refractivity contribution in [3.63, 3.8) is 0 Å². The van der Waals surface area contributed by atoms with Crippen molar-refractivity contribution in [2.75, 3.05) is 0 Å². The molecule has 0 aromatic heterocycles. The molecule has 2 aliphatic rings. The van der Waals surface area contributed by atoms with Crippen LogP contribution in [0.1, 0.15) is 37.2 Å². The van der Waals surface area contributed by atoms with Crippen molar-refractivity contribution in [2.24, 2.45) is 0 Å². The first-order valence-corrected chi connectivity index (χ1v) is 9.23. The molecule has 4 atom stereocenters. The van der Waals surface area contributed by atoms with Crippen molar-refractivity contribution in [1.82, 2.24) is 0 Å². The van der Waals surface area contributed by atoms with Gasteiger partial charge in [-0.2, -0.15) is 0 Å². The molecule has 4 unspecified atom stereocenters. The van der Waals surface area contributed by atoms with Gasteiger partial charge < -0.3 is 18.5 Å². The Hall–Kier alpha value is -1.81. The lowest BCUT2D eigenvalue weighted by atomic mass is 10.1. The van der Waals surface area contributed by atoms with Crippen LogP contribution in [0.25, 0.3) is 0 Å². The third kappa shape index (κ3) is 3.48. The van der Waals surface area contributed by atoms with Crippen LogP contribution in [0, 0.1) is 0 Å². The van der Waals surface area contributed by atoms with Crippen molar-refractivity contribution >= 4 is 8.25 Å². The minimum atomic E-state index is -2.66. The molecule has 2 aromatic rings. The van der Waals surface area contributed by atoms with Crippen LogP contribution in [0.15, 0.2) is 48.5 Å². The van der Waals surface area contributed by atoms with Crippen molar-refractivity contribution in [3.8, 4) is 11.5 Å². The Morgan fingerprint density at radius 3 is 1.38 bits per heavy atom. The summed E-state index contributed by atoms with van der Waals surface area (Å²) in [5.41, 5.74) is 2.20. The third-order valence-corrected chi connectivity index (χ3v) is 5.05. The van der Waals surface area contributed by atoms with E-state index in [-0.39, 0.29) is 24.4 Å². The van der Waals surface area contributed by atoms with Gasteiger partial charge in [0.15, 0.2) is 0 Å². The maximum atomic E-state index is 12.0. The molecule has 126 valence electrons. The van der Waals surface area contributed by atoms with Gasteiger partial charge in [0.1, 0.15) is 23.7 Å². The van der Waals surface area contributed by atoms with Crippen molar-refractivity contribution in [1.29, 1.82) is 0 Å².